The molecule has 0 amide bonds. The Morgan fingerprint density at radius 2 is 2.14 bits per heavy atom. The van der Waals surface area contributed by atoms with Crippen LogP contribution in [0.2, 0.25) is 0 Å². The van der Waals surface area contributed by atoms with Crippen molar-refractivity contribution < 1.29 is 8.42 Å². The fraction of sp³-hybridized carbons (Fsp3) is 0.286. The highest BCUT2D eigenvalue weighted by molar-refractivity contribution is 9.10. The van der Waals surface area contributed by atoms with Gasteiger partial charge in [-0.3, -0.25) is 0 Å². The van der Waals surface area contributed by atoms with Gasteiger partial charge in [0, 0.05) is 21.9 Å². The molecule has 0 aliphatic heterocycles. The van der Waals surface area contributed by atoms with E-state index in [-0.39, 0.29) is 10.9 Å². The molecule has 0 saturated carbocycles. The second-order valence-corrected chi connectivity index (χ2v) is 8.34. The molecule has 0 bridgehead atoms. The van der Waals surface area contributed by atoms with E-state index in [1.807, 2.05) is 24.4 Å². The summed E-state index contributed by atoms with van der Waals surface area (Å²) in [5.74, 6) is 0. The van der Waals surface area contributed by atoms with Crippen molar-refractivity contribution in [3.05, 3.63) is 50.6 Å². The molecule has 1 heterocycles. The van der Waals surface area contributed by atoms with Gasteiger partial charge in [0.2, 0.25) is 10.0 Å². The second kappa shape index (κ2) is 7.02. The highest BCUT2D eigenvalue weighted by atomic mass is 79.9. The minimum Gasteiger partial charge on any atom is -0.326 e. The van der Waals surface area contributed by atoms with Gasteiger partial charge in [-0.1, -0.05) is 12.1 Å². The van der Waals surface area contributed by atoms with E-state index < -0.39 is 10.0 Å². The van der Waals surface area contributed by atoms with Crippen LogP contribution in [0.25, 0.3) is 0 Å². The molecule has 7 heteroatoms. The van der Waals surface area contributed by atoms with Crippen LogP contribution in [0.5, 0.6) is 0 Å². The number of hydrogen-bond donors (Lipinski definition) is 2. The van der Waals surface area contributed by atoms with Crippen LogP contribution in [0.3, 0.4) is 0 Å². The van der Waals surface area contributed by atoms with Gasteiger partial charge in [0.1, 0.15) is 0 Å². The Kier molecular flexibility index (Phi) is 5.56. The number of benzene rings is 1. The van der Waals surface area contributed by atoms with E-state index in [1.165, 1.54) is 0 Å². The molecule has 1 atom stereocenters. The predicted octanol–water partition coefficient (Wildman–Crippen LogP) is 2.88. The van der Waals surface area contributed by atoms with Gasteiger partial charge in [0.15, 0.2) is 0 Å². The molecule has 1 unspecified atom stereocenters. The fourth-order valence-corrected chi connectivity index (χ4v) is 5.19. The quantitative estimate of drug-likeness (QED) is 0.798. The van der Waals surface area contributed by atoms with Crippen LogP contribution in [0.1, 0.15) is 17.4 Å². The second-order valence-electron chi connectivity index (χ2n) is 4.77. The number of halogens is 1. The molecule has 0 saturated heterocycles. The summed E-state index contributed by atoms with van der Waals surface area (Å²) in [4.78, 5) is 1.39. The number of nitrogens with one attached hydrogen (secondary N) is 1. The average Bonchev–Trinajstić information content (AvgIpc) is 2.90. The molecule has 0 fully saturated rings. The Balaban J connectivity index is 2.14. The van der Waals surface area contributed by atoms with Crippen molar-refractivity contribution in [1.29, 1.82) is 0 Å². The van der Waals surface area contributed by atoms with E-state index >= 15 is 0 Å². The van der Waals surface area contributed by atoms with Gasteiger partial charge in [-0.2, -0.15) is 0 Å². The molecular formula is C14H17BrN2O2S2. The lowest BCUT2D eigenvalue weighted by atomic mass is 10.2. The first-order valence-corrected chi connectivity index (χ1v) is 9.61. The van der Waals surface area contributed by atoms with Gasteiger partial charge in [0.25, 0.3) is 0 Å². The summed E-state index contributed by atoms with van der Waals surface area (Å²) in [6.07, 6.45) is 0.676. The number of sulfonamides is 1. The van der Waals surface area contributed by atoms with Crippen LogP contribution >= 0.6 is 27.3 Å². The van der Waals surface area contributed by atoms with Crippen molar-refractivity contribution in [2.45, 2.75) is 30.8 Å². The lowest BCUT2D eigenvalue weighted by Gasteiger charge is -2.15. The third-order valence-electron chi connectivity index (χ3n) is 2.97. The highest BCUT2D eigenvalue weighted by Gasteiger charge is 2.20. The molecule has 3 N–H and O–H groups in total. The predicted molar refractivity (Wildman–Crippen MR) is 89.8 cm³/mol. The first kappa shape index (κ1) is 16.6. The molecule has 0 radical (unpaired) electrons. The maximum Gasteiger partial charge on any atom is 0.241 e. The van der Waals surface area contributed by atoms with E-state index in [9.17, 15) is 8.42 Å². The first-order valence-electron chi connectivity index (χ1n) is 6.45. The van der Waals surface area contributed by atoms with Gasteiger partial charge in [-0.05, 0) is 58.4 Å². The summed E-state index contributed by atoms with van der Waals surface area (Å²) in [5, 5.41) is 1.98. The van der Waals surface area contributed by atoms with E-state index in [0.29, 0.717) is 17.4 Å². The van der Waals surface area contributed by atoms with Crippen molar-refractivity contribution in [2.75, 3.05) is 0 Å². The third kappa shape index (κ3) is 4.37. The van der Waals surface area contributed by atoms with E-state index in [2.05, 4.69) is 20.7 Å². The standard InChI is InChI=1S/C14H17BrN2O2S2/c1-10(7-12-3-2-6-20-12)17-21(18,19)14-5-4-11(9-16)8-13(14)15/h2-6,8,10,17H,7,9,16H2,1H3. The zero-order valence-corrected chi connectivity index (χ0v) is 14.8. The van der Waals surface area contributed by atoms with Crippen LogP contribution in [-0.4, -0.2) is 14.5 Å². The van der Waals surface area contributed by atoms with Crippen LogP contribution in [0, 0.1) is 0 Å². The Bertz CT molecular complexity index is 700. The summed E-state index contributed by atoms with van der Waals surface area (Å²) in [5.41, 5.74) is 6.43. The lowest BCUT2D eigenvalue weighted by molar-refractivity contribution is 0.560. The van der Waals surface area contributed by atoms with Crippen molar-refractivity contribution in [2.24, 2.45) is 5.73 Å². The van der Waals surface area contributed by atoms with E-state index in [4.69, 9.17) is 5.73 Å². The number of nitrogens with two attached hydrogens (primary N) is 1. The van der Waals surface area contributed by atoms with Gasteiger partial charge in [-0.25, -0.2) is 13.1 Å². The zero-order valence-electron chi connectivity index (χ0n) is 11.5. The molecule has 0 spiro atoms. The summed E-state index contributed by atoms with van der Waals surface area (Å²) in [6, 6.07) is 8.83. The average molecular weight is 389 g/mol. The Morgan fingerprint density at radius 1 is 1.38 bits per heavy atom. The maximum atomic E-state index is 12.4. The van der Waals surface area contributed by atoms with Crippen molar-refractivity contribution in [1.82, 2.24) is 4.72 Å². The number of hydrogen-bond acceptors (Lipinski definition) is 4. The van der Waals surface area contributed by atoms with Crippen molar-refractivity contribution >= 4 is 37.3 Å². The van der Waals surface area contributed by atoms with Gasteiger partial charge in [-0.15, -0.1) is 11.3 Å². The summed E-state index contributed by atoms with van der Waals surface area (Å²) < 4.78 is 28.1. The molecule has 4 nitrogen and oxygen atoms in total. The minimum atomic E-state index is -3.55. The Hall–Kier alpha value is -0.730. The molecule has 114 valence electrons. The first-order chi connectivity index (χ1) is 9.92. The van der Waals surface area contributed by atoms with Crippen LogP contribution in [0.4, 0.5) is 0 Å². The van der Waals surface area contributed by atoms with Crippen molar-refractivity contribution in [3.63, 3.8) is 0 Å². The third-order valence-corrected chi connectivity index (χ3v) is 6.43. The Labute approximate surface area is 137 Å². The minimum absolute atomic E-state index is 0.172. The fourth-order valence-electron chi connectivity index (χ4n) is 1.99. The largest absolute Gasteiger partial charge is 0.326 e. The monoisotopic (exact) mass is 388 g/mol. The molecule has 0 aliphatic carbocycles. The molecule has 21 heavy (non-hydrogen) atoms. The molecule has 1 aromatic carbocycles. The highest BCUT2D eigenvalue weighted by Crippen LogP contribution is 2.23. The van der Waals surface area contributed by atoms with Gasteiger partial charge in [0.05, 0.1) is 4.90 Å². The molecular weight excluding hydrogens is 372 g/mol. The molecule has 2 rings (SSSR count). The van der Waals surface area contributed by atoms with E-state index in [1.54, 1.807) is 29.5 Å². The zero-order chi connectivity index (χ0) is 15.5. The normalized spacial score (nSPS) is 13.3. The summed E-state index contributed by atoms with van der Waals surface area (Å²) in [7, 11) is -3.55. The van der Waals surface area contributed by atoms with Crippen LogP contribution < -0.4 is 10.5 Å². The topological polar surface area (TPSA) is 72.2 Å². The summed E-state index contributed by atoms with van der Waals surface area (Å²) in [6.45, 7) is 2.24. The SMILES string of the molecule is CC(Cc1cccs1)NS(=O)(=O)c1ccc(CN)cc1Br. The summed E-state index contributed by atoms with van der Waals surface area (Å²) >= 11 is 4.92. The van der Waals surface area contributed by atoms with E-state index in [0.717, 1.165) is 10.4 Å². The number of rotatable bonds is 6. The van der Waals surface area contributed by atoms with Crippen LogP contribution in [-0.2, 0) is 23.0 Å². The molecule has 1 aromatic heterocycles. The molecule has 0 aliphatic rings. The maximum absolute atomic E-state index is 12.4. The van der Waals surface area contributed by atoms with Crippen LogP contribution in [0.15, 0.2) is 45.1 Å². The smallest absolute Gasteiger partial charge is 0.241 e. The lowest BCUT2D eigenvalue weighted by Crippen LogP contribution is -2.34. The number of thiophene rings is 1. The van der Waals surface area contributed by atoms with Gasteiger partial charge >= 0.3 is 0 Å². The van der Waals surface area contributed by atoms with Crippen molar-refractivity contribution in [3.8, 4) is 0 Å². The van der Waals surface area contributed by atoms with Gasteiger partial charge < -0.3 is 5.73 Å². The molecule has 2 aromatic rings. The Morgan fingerprint density at radius 3 is 2.71 bits per heavy atom.